The van der Waals surface area contributed by atoms with Crippen molar-refractivity contribution in [2.24, 2.45) is 0 Å². The van der Waals surface area contributed by atoms with E-state index in [4.69, 9.17) is 33.6 Å². The summed E-state index contributed by atoms with van der Waals surface area (Å²) in [5, 5.41) is 28.8. The van der Waals surface area contributed by atoms with Gasteiger partial charge in [0.15, 0.2) is 0 Å². The average Bonchev–Trinajstić information content (AvgIpc) is 2.94. The highest BCUT2D eigenvalue weighted by Crippen LogP contribution is 2.30. The minimum atomic E-state index is -0.429. The molecule has 0 saturated heterocycles. The second-order valence-corrected chi connectivity index (χ2v) is 5.89. The van der Waals surface area contributed by atoms with Crippen LogP contribution in [-0.4, -0.2) is 26.0 Å². The van der Waals surface area contributed by atoms with E-state index in [1.807, 2.05) is 0 Å². The van der Waals surface area contributed by atoms with Gasteiger partial charge in [-0.25, -0.2) is 0 Å². The number of hydrogen-bond acceptors (Lipinski definition) is 5. The first kappa shape index (κ1) is 16.8. The summed E-state index contributed by atoms with van der Waals surface area (Å²) in [5.74, 6) is -0.429. The Morgan fingerprint density at radius 1 is 1.12 bits per heavy atom. The summed E-state index contributed by atoms with van der Waals surface area (Å²) in [6.45, 7) is -0.270. The van der Waals surface area contributed by atoms with Crippen LogP contribution in [0, 0.1) is 0 Å². The number of aromatic nitrogens is 1. The maximum atomic E-state index is 12.8. The molecule has 3 N–H and O–H groups in total. The minimum Gasteiger partial charge on any atom is -0.392 e. The van der Waals surface area contributed by atoms with Gasteiger partial charge in [-0.3, -0.25) is 19.8 Å². The summed E-state index contributed by atoms with van der Waals surface area (Å²) in [7, 11) is 0. The number of carbonyl (C=O) groups excluding carboxylic acids is 1. The van der Waals surface area contributed by atoms with Crippen molar-refractivity contribution >= 4 is 45.7 Å². The Balaban J connectivity index is 2.16. The molecule has 3 rings (SSSR count). The Bertz CT molecular complexity index is 937. The smallest absolute Gasteiger partial charge is 0.262 e. The molecule has 24 heavy (non-hydrogen) atoms. The van der Waals surface area contributed by atoms with Crippen LogP contribution in [0.5, 0.6) is 0 Å². The van der Waals surface area contributed by atoms with E-state index < -0.39 is 5.91 Å². The highest BCUT2D eigenvalue weighted by molar-refractivity contribution is 6.36. The zero-order valence-corrected chi connectivity index (χ0v) is 13.7. The highest BCUT2D eigenvalue weighted by Gasteiger charge is 2.18. The number of benzene rings is 2. The highest BCUT2D eigenvalue weighted by atomic mass is 35.5. The lowest BCUT2D eigenvalue weighted by Gasteiger charge is -2.12. The summed E-state index contributed by atoms with van der Waals surface area (Å²) in [4.78, 5) is 12.8. The van der Waals surface area contributed by atoms with Gasteiger partial charge in [0.05, 0.1) is 22.2 Å². The SMILES string of the molecule is O=C(c1ccc(Cl)c(N(O)O)c1)n1cc(CO)c2c(Cl)cccc21. The Labute approximate surface area is 146 Å². The van der Waals surface area contributed by atoms with Crippen LogP contribution in [0.15, 0.2) is 42.6 Å². The van der Waals surface area contributed by atoms with E-state index in [-0.39, 0.29) is 28.1 Å². The Morgan fingerprint density at radius 3 is 2.54 bits per heavy atom. The number of fused-ring (bicyclic) bond motifs is 1. The fourth-order valence-corrected chi connectivity index (χ4v) is 3.03. The molecule has 124 valence electrons. The van der Waals surface area contributed by atoms with Crippen molar-refractivity contribution in [3.63, 3.8) is 0 Å². The lowest BCUT2D eigenvalue weighted by molar-refractivity contribution is 0.0292. The lowest BCUT2D eigenvalue weighted by Crippen LogP contribution is -2.15. The van der Waals surface area contributed by atoms with Gasteiger partial charge >= 0.3 is 0 Å². The van der Waals surface area contributed by atoms with Gasteiger partial charge in [0.25, 0.3) is 5.91 Å². The van der Waals surface area contributed by atoms with Crippen LogP contribution in [0.3, 0.4) is 0 Å². The summed E-state index contributed by atoms with van der Waals surface area (Å²) >= 11 is 12.0. The largest absolute Gasteiger partial charge is 0.392 e. The van der Waals surface area contributed by atoms with Gasteiger partial charge in [-0.05, 0) is 30.3 Å². The third kappa shape index (κ3) is 2.75. The predicted octanol–water partition coefficient (Wildman–Crippen LogP) is 3.71. The number of aliphatic hydroxyl groups is 1. The zero-order chi connectivity index (χ0) is 17.4. The zero-order valence-electron chi connectivity index (χ0n) is 12.1. The molecule has 0 bridgehead atoms. The van der Waals surface area contributed by atoms with Crippen molar-refractivity contribution < 1.29 is 20.3 Å². The third-order valence-corrected chi connectivity index (χ3v) is 4.29. The molecular formula is C16H12Cl2N2O4. The van der Waals surface area contributed by atoms with Gasteiger partial charge in [0.1, 0.15) is 5.69 Å². The molecule has 1 aromatic heterocycles. The number of rotatable bonds is 3. The van der Waals surface area contributed by atoms with Crippen LogP contribution in [0.4, 0.5) is 5.69 Å². The second kappa shape index (κ2) is 6.43. The molecule has 6 nitrogen and oxygen atoms in total. The van der Waals surface area contributed by atoms with Gasteiger partial charge in [0, 0.05) is 22.7 Å². The van der Waals surface area contributed by atoms with E-state index in [2.05, 4.69) is 0 Å². The van der Waals surface area contributed by atoms with Gasteiger partial charge < -0.3 is 5.11 Å². The Morgan fingerprint density at radius 2 is 1.88 bits per heavy atom. The van der Waals surface area contributed by atoms with Crippen molar-refractivity contribution in [2.75, 3.05) is 5.23 Å². The van der Waals surface area contributed by atoms with Crippen LogP contribution in [0.2, 0.25) is 10.0 Å². The van der Waals surface area contributed by atoms with Crippen molar-refractivity contribution in [1.29, 1.82) is 0 Å². The van der Waals surface area contributed by atoms with Crippen molar-refractivity contribution in [3.05, 3.63) is 63.8 Å². The van der Waals surface area contributed by atoms with E-state index in [0.717, 1.165) is 0 Å². The maximum absolute atomic E-state index is 12.8. The molecule has 0 amide bonds. The molecule has 0 fully saturated rings. The van der Waals surface area contributed by atoms with Gasteiger partial charge in [-0.2, -0.15) is 0 Å². The number of halogens is 2. The third-order valence-electron chi connectivity index (χ3n) is 3.65. The molecule has 0 aliphatic heterocycles. The first-order valence-corrected chi connectivity index (χ1v) is 7.61. The van der Waals surface area contributed by atoms with Gasteiger partial charge in [0.2, 0.25) is 0 Å². The molecule has 0 unspecified atom stereocenters. The number of hydrogen-bond donors (Lipinski definition) is 3. The average molecular weight is 367 g/mol. The second-order valence-electron chi connectivity index (χ2n) is 5.08. The fourth-order valence-electron chi connectivity index (χ4n) is 2.55. The van der Waals surface area contributed by atoms with Crippen LogP contribution in [-0.2, 0) is 6.61 Å². The fraction of sp³-hybridized carbons (Fsp3) is 0.0625. The molecule has 0 atom stereocenters. The summed E-state index contributed by atoms with van der Waals surface area (Å²) in [5.41, 5.74) is 1.12. The van der Waals surface area contributed by atoms with Crippen LogP contribution >= 0.6 is 23.2 Å². The van der Waals surface area contributed by atoms with E-state index in [9.17, 15) is 9.90 Å². The molecule has 0 aliphatic carbocycles. The molecule has 0 aliphatic rings. The maximum Gasteiger partial charge on any atom is 0.262 e. The molecule has 3 aromatic rings. The lowest BCUT2D eigenvalue weighted by atomic mass is 10.1. The standard InChI is InChI=1S/C16H12Cl2N2O4/c17-11-5-4-9(6-14(11)20(23)24)16(22)19-7-10(8-21)15-12(18)2-1-3-13(15)19/h1-7,21,23-24H,8H2. The topological polar surface area (TPSA) is 85.9 Å². The number of anilines is 1. The number of carbonyl (C=O) groups is 1. The normalized spacial score (nSPS) is 11.0. The van der Waals surface area contributed by atoms with Gasteiger partial charge in [-0.15, -0.1) is 5.23 Å². The summed E-state index contributed by atoms with van der Waals surface area (Å²) in [6.07, 6.45) is 1.50. The number of nitrogens with zero attached hydrogens (tertiary/aromatic N) is 2. The Hall–Kier alpha value is -2.09. The quantitative estimate of drug-likeness (QED) is 0.615. The summed E-state index contributed by atoms with van der Waals surface area (Å²) < 4.78 is 1.35. The van der Waals surface area contributed by atoms with E-state index >= 15 is 0 Å². The van der Waals surface area contributed by atoms with E-state index in [1.54, 1.807) is 18.2 Å². The molecule has 0 radical (unpaired) electrons. The first-order valence-electron chi connectivity index (χ1n) is 6.85. The van der Waals surface area contributed by atoms with Crippen molar-refractivity contribution in [3.8, 4) is 0 Å². The molecule has 1 heterocycles. The molecule has 2 aromatic carbocycles. The van der Waals surface area contributed by atoms with Crippen molar-refractivity contribution in [2.45, 2.75) is 6.61 Å². The molecule has 8 heteroatoms. The predicted molar refractivity (Wildman–Crippen MR) is 90.1 cm³/mol. The minimum absolute atomic E-state index is 0.0769. The van der Waals surface area contributed by atoms with Crippen LogP contribution in [0.25, 0.3) is 10.9 Å². The van der Waals surface area contributed by atoms with Crippen LogP contribution < -0.4 is 5.23 Å². The van der Waals surface area contributed by atoms with Crippen molar-refractivity contribution in [1.82, 2.24) is 4.57 Å². The van der Waals surface area contributed by atoms with E-state index in [1.165, 1.54) is 29.0 Å². The molecular weight excluding hydrogens is 355 g/mol. The van der Waals surface area contributed by atoms with Crippen LogP contribution in [0.1, 0.15) is 15.9 Å². The number of aliphatic hydroxyl groups excluding tert-OH is 1. The van der Waals surface area contributed by atoms with E-state index in [0.29, 0.717) is 21.5 Å². The summed E-state index contributed by atoms with van der Waals surface area (Å²) in [6, 6.07) is 9.18. The monoisotopic (exact) mass is 366 g/mol. The Kier molecular flexibility index (Phi) is 4.49. The van der Waals surface area contributed by atoms with Gasteiger partial charge in [-0.1, -0.05) is 29.3 Å². The molecule has 0 saturated carbocycles. The molecule has 0 spiro atoms. The first-order chi connectivity index (χ1) is 11.4.